The lowest BCUT2D eigenvalue weighted by Gasteiger charge is -2.18. The van der Waals surface area contributed by atoms with Crippen molar-refractivity contribution >= 4 is 11.9 Å². The van der Waals surface area contributed by atoms with Crippen LogP contribution >= 0.6 is 0 Å². The number of aliphatic carboxylic acids is 1. The lowest BCUT2D eigenvalue weighted by atomic mass is 10.0. The highest BCUT2D eigenvalue weighted by Gasteiger charge is 2.15. The Labute approximate surface area is 141 Å². The van der Waals surface area contributed by atoms with Crippen LogP contribution in [0.3, 0.4) is 0 Å². The Morgan fingerprint density at radius 2 is 1.96 bits per heavy atom. The van der Waals surface area contributed by atoms with Crippen LogP contribution in [0.25, 0.3) is 0 Å². The Morgan fingerprint density at radius 3 is 2.58 bits per heavy atom. The third kappa shape index (κ3) is 6.24. The molecule has 6 heteroatoms. The van der Waals surface area contributed by atoms with E-state index in [4.69, 9.17) is 5.11 Å². The van der Waals surface area contributed by atoms with E-state index in [0.717, 1.165) is 11.1 Å². The van der Waals surface area contributed by atoms with Crippen molar-refractivity contribution in [2.24, 2.45) is 7.05 Å². The molecule has 1 atom stereocenters. The molecule has 2 aromatic rings. The Balaban J connectivity index is 1.88. The highest BCUT2D eigenvalue weighted by molar-refractivity contribution is 5.76. The summed E-state index contributed by atoms with van der Waals surface area (Å²) in [4.78, 5) is 23.0. The third-order valence-corrected chi connectivity index (χ3v) is 3.80. The molecule has 0 bridgehead atoms. The molecule has 0 saturated carbocycles. The van der Waals surface area contributed by atoms with Crippen molar-refractivity contribution in [3.05, 3.63) is 53.9 Å². The summed E-state index contributed by atoms with van der Waals surface area (Å²) in [6.45, 7) is 0. The molecule has 1 aromatic carbocycles. The number of benzene rings is 1. The fourth-order valence-electron chi connectivity index (χ4n) is 2.58. The first kappa shape index (κ1) is 17.7. The molecule has 0 fully saturated rings. The lowest BCUT2D eigenvalue weighted by Crippen LogP contribution is -2.37. The number of carbonyl (C=O) groups is 2. The molecule has 24 heavy (non-hydrogen) atoms. The van der Waals surface area contributed by atoms with Crippen LogP contribution in [-0.4, -0.2) is 32.8 Å². The van der Waals surface area contributed by atoms with E-state index < -0.39 is 5.97 Å². The second-order valence-electron chi connectivity index (χ2n) is 5.91. The summed E-state index contributed by atoms with van der Waals surface area (Å²) in [5.74, 6) is -0.914. The van der Waals surface area contributed by atoms with Gasteiger partial charge in [0.1, 0.15) is 0 Å². The first-order valence-electron chi connectivity index (χ1n) is 8.05. The van der Waals surface area contributed by atoms with E-state index in [-0.39, 0.29) is 18.4 Å². The molecule has 0 aliphatic heterocycles. The van der Waals surface area contributed by atoms with Gasteiger partial charge < -0.3 is 10.4 Å². The number of nitrogens with zero attached hydrogens (tertiary/aromatic N) is 2. The molecule has 2 rings (SSSR count). The second-order valence-corrected chi connectivity index (χ2v) is 5.91. The number of aryl methyl sites for hydroxylation is 2. The number of nitrogens with one attached hydrogen (secondary N) is 1. The minimum absolute atomic E-state index is 0.0420. The van der Waals surface area contributed by atoms with Crippen molar-refractivity contribution in [2.45, 2.75) is 38.1 Å². The Kier molecular flexibility index (Phi) is 6.54. The predicted molar refractivity (Wildman–Crippen MR) is 90.5 cm³/mol. The van der Waals surface area contributed by atoms with Gasteiger partial charge in [0.05, 0.1) is 6.20 Å². The molecular formula is C18H23N3O3. The number of hydrogen-bond donors (Lipinski definition) is 2. The van der Waals surface area contributed by atoms with Gasteiger partial charge in [-0.25, -0.2) is 0 Å². The minimum Gasteiger partial charge on any atom is -0.481 e. The molecule has 1 amide bonds. The van der Waals surface area contributed by atoms with Crippen LogP contribution in [0.1, 0.15) is 30.4 Å². The number of carboxylic acid groups (broad SMARTS) is 1. The van der Waals surface area contributed by atoms with Gasteiger partial charge in [-0.2, -0.15) is 5.10 Å². The highest BCUT2D eigenvalue weighted by Crippen LogP contribution is 2.09. The van der Waals surface area contributed by atoms with Crippen molar-refractivity contribution in [2.75, 3.05) is 0 Å². The predicted octanol–water partition coefficient (Wildman–Crippen LogP) is 1.94. The molecule has 0 saturated heterocycles. The monoisotopic (exact) mass is 329 g/mol. The molecule has 0 radical (unpaired) electrons. The molecule has 128 valence electrons. The number of rotatable bonds is 9. The molecule has 0 spiro atoms. The zero-order valence-electron chi connectivity index (χ0n) is 13.8. The van der Waals surface area contributed by atoms with E-state index in [1.54, 1.807) is 10.9 Å². The van der Waals surface area contributed by atoms with Gasteiger partial charge in [-0.05, 0) is 30.4 Å². The van der Waals surface area contributed by atoms with Crippen molar-refractivity contribution in [3.8, 4) is 0 Å². The Bertz CT molecular complexity index is 667. The summed E-state index contributed by atoms with van der Waals surface area (Å²) in [7, 11) is 1.84. The summed E-state index contributed by atoms with van der Waals surface area (Å²) in [5.41, 5.74) is 2.10. The van der Waals surface area contributed by atoms with Crippen molar-refractivity contribution in [1.82, 2.24) is 15.1 Å². The molecular weight excluding hydrogens is 306 g/mol. The Hall–Kier alpha value is -2.63. The maximum Gasteiger partial charge on any atom is 0.303 e. The van der Waals surface area contributed by atoms with E-state index in [1.165, 1.54) is 0 Å². The topological polar surface area (TPSA) is 84.2 Å². The van der Waals surface area contributed by atoms with Crippen LogP contribution in [0.4, 0.5) is 0 Å². The number of carboxylic acids is 1. The van der Waals surface area contributed by atoms with Gasteiger partial charge in [-0.15, -0.1) is 0 Å². The van der Waals surface area contributed by atoms with Crippen LogP contribution < -0.4 is 5.32 Å². The maximum absolute atomic E-state index is 12.2. The van der Waals surface area contributed by atoms with Gasteiger partial charge in [0.15, 0.2) is 0 Å². The van der Waals surface area contributed by atoms with Gasteiger partial charge in [0.2, 0.25) is 5.91 Å². The summed E-state index contributed by atoms with van der Waals surface area (Å²) in [6.07, 6.45) is 5.72. The van der Waals surface area contributed by atoms with E-state index in [1.807, 2.05) is 43.6 Å². The average Bonchev–Trinajstić information content (AvgIpc) is 2.97. The molecule has 1 aromatic heterocycles. The van der Waals surface area contributed by atoms with Crippen LogP contribution in [-0.2, 0) is 29.5 Å². The SMILES string of the molecule is Cn1cc(CCC(=O)NC(CCC(=O)O)Cc2ccccc2)cn1. The normalized spacial score (nSPS) is 11.9. The van der Waals surface area contributed by atoms with Crippen molar-refractivity contribution in [3.63, 3.8) is 0 Å². The quantitative estimate of drug-likeness (QED) is 0.736. The van der Waals surface area contributed by atoms with Gasteiger partial charge in [0, 0.05) is 32.1 Å². The zero-order chi connectivity index (χ0) is 17.4. The van der Waals surface area contributed by atoms with Gasteiger partial charge in [0.25, 0.3) is 0 Å². The summed E-state index contributed by atoms with van der Waals surface area (Å²) < 4.78 is 1.71. The van der Waals surface area contributed by atoms with Crippen LogP contribution in [0.15, 0.2) is 42.7 Å². The molecule has 0 aliphatic carbocycles. The molecule has 0 aliphatic rings. The molecule has 1 unspecified atom stereocenters. The number of hydrogen-bond acceptors (Lipinski definition) is 3. The first-order chi connectivity index (χ1) is 11.5. The fourth-order valence-corrected chi connectivity index (χ4v) is 2.58. The maximum atomic E-state index is 12.2. The standard InChI is InChI=1S/C18H23N3O3/c1-21-13-15(12-19-21)7-9-17(22)20-16(8-10-18(23)24)11-14-5-3-2-4-6-14/h2-6,12-13,16H,7-11H2,1H3,(H,20,22)(H,23,24). The van der Waals surface area contributed by atoms with E-state index in [0.29, 0.717) is 25.7 Å². The van der Waals surface area contributed by atoms with Crippen LogP contribution in [0.2, 0.25) is 0 Å². The first-order valence-corrected chi connectivity index (χ1v) is 8.05. The highest BCUT2D eigenvalue weighted by atomic mass is 16.4. The zero-order valence-corrected chi connectivity index (χ0v) is 13.8. The van der Waals surface area contributed by atoms with E-state index >= 15 is 0 Å². The number of carbonyl (C=O) groups excluding carboxylic acids is 1. The average molecular weight is 329 g/mol. The van der Waals surface area contributed by atoms with Crippen LogP contribution in [0, 0.1) is 0 Å². The van der Waals surface area contributed by atoms with Crippen molar-refractivity contribution in [1.29, 1.82) is 0 Å². The van der Waals surface area contributed by atoms with Crippen LogP contribution in [0.5, 0.6) is 0 Å². The minimum atomic E-state index is -0.849. The Morgan fingerprint density at radius 1 is 1.21 bits per heavy atom. The fraction of sp³-hybridized carbons (Fsp3) is 0.389. The molecule has 6 nitrogen and oxygen atoms in total. The summed E-state index contributed by atoms with van der Waals surface area (Å²) in [5, 5.41) is 15.9. The van der Waals surface area contributed by atoms with Gasteiger partial charge in [-0.3, -0.25) is 14.3 Å². The number of amides is 1. The second kappa shape index (κ2) is 8.86. The summed E-state index contributed by atoms with van der Waals surface area (Å²) in [6, 6.07) is 9.60. The largest absolute Gasteiger partial charge is 0.481 e. The molecule has 2 N–H and O–H groups in total. The lowest BCUT2D eigenvalue weighted by molar-refractivity contribution is -0.137. The van der Waals surface area contributed by atoms with E-state index in [2.05, 4.69) is 10.4 Å². The van der Waals surface area contributed by atoms with Gasteiger partial charge >= 0.3 is 5.97 Å². The smallest absolute Gasteiger partial charge is 0.303 e. The van der Waals surface area contributed by atoms with Gasteiger partial charge in [-0.1, -0.05) is 30.3 Å². The summed E-state index contributed by atoms with van der Waals surface area (Å²) >= 11 is 0. The number of aromatic nitrogens is 2. The molecule has 1 heterocycles. The van der Waals surface area contributed by atoms with Crippen molar-refractivity contribution < 1.29 is 14.7 Å². The van der Waals surface area contributed by atoms with E-state index in [9.17, 15) is 9.59 Å². The third-order valence-electron chi connectivity index (χ3n) is 3.80.